The van der Waals surface area contributed by atoms with Crippen molar-refractivity contribution in [2.75, 3.05) is 0 Å². The van der Waals surface area contributed by atoms with Gasteiger partial charge in [0.1, 0.15) is 0 Å². The Morgan fingerprint density at radius 3 is 1.64 bits per heavy atom. The van der Waals surface area contributed by atoms with E-state index in [0.29, 0.717) is 0 Å². The van der Waals surface area contributed by atoms with Crippen molar-refractivity contribution in [3.05, 3.63) is 42.0 Å². The van der Waals surface area contributed by atoms with E-state index in [1.807, 2.05) is 24.3 Å². The molecule has 1 aromatic carbocycles. The molecule has 1 atom stereocenters. The second-order valence-corrected chi connectivity index (χ2v) is 8.15. The lowest BCUT2D eigenvalue weighted by Gasteiger charge is -2.13. The van der Waals surface area contributed by atoms with Gasteiger partial charge in [-0.05, 0) is 17.5 Å². The molecule has 0 bridgehead atoms. The standard InChI is InChI=1S/C26H42O2/c1-3-5-6-7-8-9-10-11-12-13-14-15-16-17-18-25(26(27)28)24-21-19-23(4-2)20-22-24/h4,19-22,25H,2-3,5-18H2,1H3,(H,27,28). The molecule has 2 heteroatoms. The highest BCUT2D eigenvalue weighted by Crippen LogP contribution is 2.24. The van der Waals surface area contributed by atoms with Gasteiger partial charge >= 0.3 is 5.97 Å². The Morgan fingerprint density at radius 1 is 0.821 bits per heavy atom. The van der Waals surface area contributed by atoms with E-state index in [2.05, 4.69) is 13.5 Å². The number of carbonyl (C=O) groups is 1. The van der Waals surface area contributed by atoms with Gasteiger partial charge in [0.15, 0.2) is 0 Å². The number of carboxylic acid groups (broad SMARTS) is 1. The maximum Gasteiger partial charge on any atom is 0.310 e. The highest BCUT2D eigenvalue weighted by Gasteiger charge is 2.18. The predicted octanol–water partition coefficient (Wildman–Crippen LogP) is 8.37. The summed E-state index contributed by atoms with van der Waals surface area (Å²) in [4.78, 5) is 11.6. The average Bonchev–Trinajstić information content (AvgIpc) is 2.71. The molecule has 1 N–H and O–H groups in total. The van der Waals surface area contributed by atoms with Crippen LogP contribution < -0.4 is 0 Å². The third-order valence-corrected chi connectivity index (χ3v) is 5.72. The Balaban J connectivity index is 2.03. The Hall–Kier alpha value is -1.57. The third-order valence-electron chi connectivity index (χ3n) is 5.72. The highest BCUT2D eigenvalue weighted by molar-refractivity contribution is 5.76. The highest BCUT2D eigenvalue weighted by atomic mass is 16.4. The Labute approximate surface area is 173 Å². The van der Waals surface area contributed by atoms with Gasteiger partial charge in [-0.15, -0.1) is 0 Å². The van der Waals surface area contributed by atoms with Gasteiger partial charge in [-0.1, -0.05) is 134 Å². The Bertz CT molecular complexity index is 518. The van der Waals surface area contributed by atoms with Crippen LogP contribution in [0.2, 0.25) is 0 Å². The fourth-order valence-corrected chi connectivity index (χ4v) is 3.84. The van der Waals surface area contributed by atoms with Crippen molar-refractivity contribution in [3.8, 4) is 0 Å². The summed E-state index contributed by atoms with van der Waals surface area (Å²) >= 11 is 0. The number of aliphatic carboxylic acids is 1. The Kier molecular flexibility index (Phi) is 14.3. The van der Waals surface area contributed by atoms with E-state index in [1.54, 1.807) is 6.08 Å². The number of benzene rings is 1. The third kappa shape index (κ3) is 11.3. The van der Waals surface area contributed by atoms with Gasteiger partial charge in [0.25, 0.3) is 0 Å². The van der Waals surface area contributed by atoms with Gasteiger partial charge < -0.3 is 5.11 Å². The topological polar surface area (TPSA) is 37.3 Å². The van der Waals surface area contributed by atoms with Crippen molar-refractivity contribution in [2.24, 2.45) is 0 Å². The van der Waals surface area contributed by atoms with Crippen molar-refractivity contribution < 1.29 is 9.90 Å². The number of carboxylic acids is 1. The van der Waals surface area contributed by atoms with E-state index in [9.17, 15) is 9.90 Å². The molecule has 1 aromatic rings. The molecule has 0 spiro atoms. The molecule has 158 valence electrons. The molecule has 0 saturated carbocycles. The second-order valence-electron chi connectivity index (χ2n) is 8.15. The van der Waals surface area contributed by atoms with Crippen LogP contribution in [0.15, 0.2) is 30.8 Å². The SMILES string of the molecule is C=Cc1ccc(C(CCCCCCCCCCCCCCCC)C(=O)O)cc1. The summed E-state index contributed by atoms with van der Waals surface area (Å²) in [6.07, 6.45) is 21.1. The van der Waals surface area contributed by atoms with Crippen LogP contribution in [-0.2, 0) is 4.79 Å². The zero-order chi connectivity index (χ0) is 20.5. The molecule has 0 aliphatic heterocycles. The molecular formula is C26H42O2. The minimum atomic E-state index is -0.707. The number of unbranched alkanes of at least 4 members (excludes halogenated alkanes) is 13. The molecule has 0 aliphatic carbocycles. The van der Waals surface area contributed by atoms with Crippen molar-refractivity contribution in [3.63, 3.8) is 0 Å². The minimum absolute atomic E-state index is 0.379. The Morgan fingerprint density at radius 2 is 1.25 bits per heavy atom. The van der Waals surface area contributed by atoms with Crippen molar-refractivity contribution >= 4 is 12.0 Å². The summed E-state index contributed by atoms with van der Waals surface area (Å²) < 4.78 is 0. The summed E-state index contributed by atoms with van der Waals surface area (Å²) in [6, 6.07) is 7.76. The quantitative estimate of drug-likeness (QED) is 0.257. The first kappa shape index (κ1) is 24.5. The fourth-order valence-electron chi connectivity index (χ4n) is 3.84. The number of rotatable bonds is 18. The van der Waals surface area contributed by atoms with Gasteiger partial charge in [-0.2, -0.15) is 0 Å². The first-order valence-corrected chi connectivity index (χ1v) is 11.6. The fraction of sp³-hybridized carbons (Fsp3) is 0.654. The molecule has 0 aromatic heterocycles. The van der Waals surface area contributed by atoms with Gasteiger partial charge in [0, 0.05) is 0 Å². The van der Waals surface area contributed by atoms with Crippen LogP contribution in [0.1, 0.15) is 120 Å². The van der Waals surface area contributed by atoms with Crippen LogP contribution in [0.4, 0.5) is 0 Å². The van der Waals surface area contributed by atoms with Gasteiger partial charge in [0.2, 0.25) is 0 Å². The first-order chi connectivity index (χ1) is 13.7. The van der Waals surface area contributed by atoms with Crippen LogP contribution in [0.25, 0.3) is 6.08 Å². The minimum Gasteiger partial charge on any atom is -0.481 e. The molecule has 1 rings (SSSR count). The molecule has 0 heterocycles. The molecule has 0 aliphatic rings. The smallest absolute Gasteiger partial charge is 0.310 e. The van der Waals surface area contributed by atoms with Crippen LogP contribution in [-0.4, -0.2) is 11.1 Å². The molecule has 28 heavy (non-hydrogen) atoms. The van der Waals surface area contributed by atoms with Crippen LogP contribution in [0.3, 0.4) is 0 Å². The van der Waals surface area contributed by atoms with Crippen LogP contribution in [0.5, 0.6) is 0 Å². The normalized spacial score (nSPS) is 12.0. The van der Waals surface area contributed by atoms with E-state index in [-0.39, 0.29) is 5.92 Å². The lowest BCUT2D eigenvalue weighted by molar-refractivity contribution is -0.139. The molecule has 2 nitrogen and oxygen atoms in total. The van der Waals surface area contributed by atoms with E-state index < -0.39 is 5.97 Å². The molecule has 0 amide bonds. The van der Waals surface area contributed by atoms with E-state index in [1.165, 1.54) is 77.0 Å². The first-order valence-electron chi connectivity index (χ1n) is 11.6. The molecule has 0 fully saturated rings. The maximum absolute atomic E-state index is 11.6. The predicted molar refractivity (Wildman–Crippen MR) is 122 cm³/mol. The summed E-state index contributed by atoms with van der Waals surface area (Å²) in [7, 11) is 0. The van der Waals surface area contributed by atoms with Crippen molar-refractivity contribution in [1.29, 1.82) is 0 Å². The van der Waals surface area contributed by atoms with Gasteiger partial charge in [0.05, 0.1) is 5.92 Å². The lowest BCUT2D eigenvalue weighted by Crippen LogP contribution is -2.11. The largest absolute Gasteiger partial charge is 0.481 e. The molecular weight excluding hydrogens is 344 g/mol. The lowest BCUT2D eigenvalue weighted by atomic mass is 9.92. The zero-order valence-corrected chi connectivity index (χ0v) is 18.1. The average molecular weight is 387 g/mol. The monoisotopic (exact) mass is 386 g/mol. The number of hydrogen-bond acceptors (Lipinski definition) is 1. The summed E-state index contributed by atoms with van der Waals surface area (Å²) in [5.41, 5.74) is 1.94. The van der Waals surface area contributed by atoms with E-state index in [4.69, 9.17) is 0 Å². The molecule has 0 saturated heterocycles. The van der Waals surface area contributed by atoms with Gasteiger partial charge in [-0.3, -0.25) is 4.79 Å². The summed E-state index contributed by atoms with van der Waals surface area (Å²) in [5, 5.41) is 9.54. The zero-order valence-electron chi connectivity index (χ0n) is 18.1. The van der Waals surface area contributed by atoms with E-state index >= 15 is 0 Å². The van der Waals surface area contributed by atoms with Crippen LogP contribution >= 0.6 is 0 Å². The number of hydrogen-bond donors (Lipinski definition) is 1. The molecule has 1 unspecified atom stereocenters. The maximum atomic E-state index is 11.6. The second kappa shape index (κ2) is 16.4. The van der Waals surface area contributed by atoms with E-state index in [0.717, 1.165) is 30.4 Å². The molecule has 0 radical (unpaired) electrons. The summed E-state index contributed by atoms with van der Waals surface area (Å²) in [6.45, 7) is 6.01. The van der Waals surface area contributed by atoms with Crippen molar-refractivity contribution in [1.82, 2.24) is 0 Å². The summed E-state index contributed by atoms with van der Waals surface area (Å²) in [5.74, 6) is -1.09. The van der Waals surface area contributed by atoms with Crippen molar-refractivity contribution in [2.45, 2.75) is 109 Å². The van der Waals surface area contributed by atoms with Crippen LogP contribution in [0, 0.1) is 0 Å². The van der Waals surface area contributed by atoms with Gasteiger partial charge in [-0.25, -0.2) is 0 Å².